The third-order valence-electron chi connectivity index (χ3n) is 5.31. The van der Waals surface area contributed by atoms with Gasteiger partial charge in [-0.1, -0.05) is 13.0 Å². The normalized spacial score (nSPS) is 12.4. The van der Waals surface area contributed by atoms with Gasteiger partial charge in [0.25, 0.3) is 0 Å². The topological polar surface area (TPSA) is 134 Å². The van der Waals surface area contributed by atoms with Crippen LogP contribution in [0.2, 0.25) is 0 Å². The molecule has 4 rings (SSSR count). The van der Waals surface area contributed by atoms with Crippen LogP contribution in [0.5, 0.6) is 11.5 Å². The fraction of sp³-hybridized carbons (Fsp3) is 0.318. The molecule has 190 valence electrons. The summed E-state index contributed by atoms with van der Waals surface area (Å²) in [5.74, 6) is 0.673. The van der Waals surface area contributed by atoms with Crippen molar-refractivity contribution in [1.29, 1.82) is 0 Å². The lowest BCUT2D eigenvalue weighted by molar-refractivity contribution is 0.391. The van der Waals surface area contributed by atoms with Gasteiger partial charge in [0, 0.05) is 17.5 Å². The lowest BCUT2D eigenvalue weighted by Gasteiger charge is -2.19. The first-order valence-corrected chi connectivity index (χ1v) is 13.3. The van der Waals surface area contributed by atoms with Crippen molar-refractivity contribution < 1.29 is 22.3 Å². The molecule has 0 radical (unpaired) electrons. The minimum absolute atomic E-state index is 0.0171. The van der Waals surface area contributed by atoms with E-state index < -0.39 is 21.1 Å². The van der Waals surface area contributed by atoms with Gasteiger partial charge < -0.3 is 9.47 Å². The second kappa shape index (κ2) is 10.5. The number of halogens is 1. The molecule has 0 bridgehead atoms. The Hall–Kier alpha value is -3.65. The van der Waals surface area contributed by atoms with Gasteiger partial charge in [-0.2, -0.15) is 0 Å². The molecule has 0 fully saturated rings. The third-order valence-corrected chi connectivity index (χ3v) is 8.11. The molecule has 36 heavy (non-hydrogen) atoms. The number of ether oxygens (including phenoxy) is 2. The van der Waals surface area contributed by atoms with Crippen LogP contribution in [-0.2, 0) is 16.4 Å². The molecule has 11 nitrogen and oxygen atoms in total. The first-order valence-electron chi connectivity index (χ1n) is 10.8. The molecule has 0 saturated heterocycles. The van der Waals surface area contributed by atoms with Gasteiger partial charge in [0.2, 0.25) is 16.0 Å². The van der Waals surface area contributed by atoms with Gasteiger partial charge in [-0.15, -0.1) is 21.5 Å². The number of nitrogens with zero attached hydrogens (tertiary/aromatic N) is 6. The van der Waals surface area contributed by atoms with Gasteiger partial charge in [0.15, 0.2) is 16.6 Å². The Labute approximate surface area is 211 Å². The van der Waals surface area contributed by atoms with E-state index in [0.29, 0.717) is 28.0 Å². The average Bonchev–Trinajstić information content (AvgIpc) is 3.48. The number of hydrogen-bond acceptors (Lipinski definition) is 10. The monoisotopic (exact) mass is 533 g/mol. The summed E-state index contributed by atoms with van der Waals surface area (Å²) in [6, 6.07) is 5.18. The highest BCUT2D eigenvalue weighted by Crippen LogP contribution is 2.38. The number of methoxy groups -OCH3 is 2. The van der Waals surface area contributed by atoms with Crippen molar-refractivity contribution in [2.24, 2.45) is 0 Å². The number of para-hydroxylation sites is 1. The number of aromatic nitrogens is 6. The zero-order chi connectivity index (χ0) is 25.9. The zero-order valence-electron chi connectivity index (χ0n) is 20.0. The van der Waals surface area contributed by atoms with Crippen LogP contribution in [0.25, 0.3) is 16.5 Å². The number of anilines is 1. The Morgan fingerprint density at radius 1 is 1.14 bits per heavy atom. The first-order chi connectivity index (χ1) is 17.3. The second-order valence-corrected chi connectivity index (χ2v) is 10.5. The minimum atomic E-state index is -4.01. The van der Waals surface area contributed by atoms with Crippen molar-refractivity contribution in [2.75, 3.05) is 18.9 Å². The zero-order valence-corrected chi connectivity index (χ0v) is 21.6. The number of benzene rings is 1. The quantitative estimate of drug-likeness (QED) is 0.325. The van der Waals surface area contributed by atoms with E-state index >= 15 is 0 Å². The molecule has 3 heterocycles. The van der Waals surface area contributed by atoms with Gasteiger partial charge in [-0.3, -0.25) is 9.29 Å². The van der Waals surface area contributed by atoms with Gasteiger partial charge in [-0.05, 0) is 25.5 Å². The van der Waals surface area contributed by atoms with Crippen molar-refractivity contribution >= 4 is 27.3 Å². The molecule has 0 aliphatic heterocycles. The molecule has 0 spiro atoms. The number of aryl methyl sites for hydroxylation is 1. The summed E-state index contributed by atoms with van der Waals surface area (Å²) >= 11 is 1.34. The van der Waals surface area contributed by atoms with Crippen molar-refractivity contribution in [2.45, 2.75) is 31.9 Å². The van der Waals surface area contributed by atoms with E-state index in [1.54, 1.807) is 25.1 Å². The van der Waals surface area contributed by atoms with Crippen molar-refractivity contribution in [1.82, 2.24) is 29.7 Å². The summed E-state index contributed by atoms with van der Waals surface area (Å²) in [6.07, 6.45) is 2.24. The van der Waals surface area contributed by atoms with Crippen molar-refractivity contribution in [3.05, 3.63) is 53.3 Å². The Balaban J connectivity index is 1.81. The number of rotatable bonds is 10. The maximum atomic E-state index is 13.4. The van der Waals surface area contributed by atoms with Gasteiger partial charge in [-0.25, -0.2) is 27.8 Å². The van der Waals surface area contributed by atoms with Crippen LogP contribution in [0.15, 0.2) is 36.0 Å². The summed E-state index contributed by atoms with van der Waals surface area (Å²) in [6.45, 7) is 3.57. The van der Waals surface area contributed by atoms with E-state index in [0.717, 1.165) is 18.1 Å². The Morgan fingerprint density at radius 3 is 2.36 bits per heavy atom. The van der Waals surface area contributed by atoms with Crippen LogP contribution < -0.4 is 14.2 Å². The summed E-state index contributed by atoms with van der Waals surface area (Å²) < 4.78 is 55.3. The molecule has 1 aromatic carbocycles. The van der Waals surface area contributed by atoms with E-state index in [2.05, 4.69) is 29.9 Å². The van der Waals surface area contributed by atoms with E-state index in [1.807, 2.05) is 12.3 Å². The number of nitrogens with one attached hydrogen (secondary N) is 1. The van der Waals surface area contributed by atoms with Crippen LogP contribution in [0, 0.1) is 12.7 Å². The second-order valence-electron chi connectivity index (χ2n) is 7.69. The molecule has 0 saturated carbocycles. The summed E-state index contributed by atoms with van der Waals surface area (Å²) in [5, 5.41) is 9.86. The number of sulfonamides is 1. The van der Waals surface area contributed by atoms with E-state index in [4.69, 9.17) is 9.47 Å². The van der Waals surface area contributed by atoms with Crippen LogP contribution in [0.3, 0.4) is 0 Å². The molecule has 0 aliphatic carbocycles. The van der Waals surface area contributed by atoms with Gasteiger partial charge in [0.05, 0.1) is 31.9 Å². The molecular weight excluding hydrogens is 509 g/mol. The number of thiazole rings is 1. The molecule has 1 atom stereocenters. The third kappa shape index (κ3) is 5.14. The Kier molecular flexibility index (Phi) is 7.45. The van der Waals surface area contributed by atoms with Crippen LogP contribution >= 0.6 is 11.3 Å². The number of hydrogen-bond donors (Lipinski definition) is 1. The van der Waals surface area contributed by atoms with Gasteiger partial charge >= 0.3 is 0 Å². The van der Waals surface area contributed by atoms with E-state index in [-0.39, 0.29) is 24.6 Å². The van der Waals surface area contributed by atoms with E-state index in [1.165, 1.54) is 30.1 Å². The largest absolute Gasteiger partial charge is 0.494 e. The van der Waals surface area contributed by atoms with Crippen LogP contribution in [-0.4, -0.2) is 57.6 Å². The molecule has 3 aromatic heterocycles. The lowest BCUT2D eigenvalue weighted by Crippen LogP contribution is -2.31. The maximum Gasteiger partial charge on any atom is 0.243 e. The highest BCUT2D eigenvalue weighted by molar-refractivity contribution is 7.93. The summed E-state index contributed by atoms with van der Waals surface area (Å²) in [4.78, 5) is 12.3. The highest BCUT2D eigenvalue weighted by atomic mass is 32.2. The van der Waals surface area contributed by atoms with Crippen molar-refractivity contribution in [3.63, 3.8) is 0 Å². The molecule has 0 aliphatic rings. The fourth-order valence-corrected chi connectivity index (χ4v) is 5.67. The first kappa shape index (κ1) is 25.4. The highest BCUT2D eigenvalue weighted by Gasteiger charge is 2.30. The van der Waals surface area contributed by atoms with Gasteiger partial charge in [0.1, 0.15) is 23.0 Å². The molecule has 1 N–H and O–H groups in total. The molecule has 0 amide bonds. The predicted octanol–water partition coefficient (Wildman–Crippen LogP) is 3.41. The van der Waals surface area contributed by atoms with Crippen molar-refractivity contribution in [3.8, 4) is 28.0 Å². The average molecular weight is 534 g/mol. The smallest absolute Gasteiger partial charge is 0.243 e. The fourth-order valence-electron chi connectivity index (χ4n) is 3.54. The molecule has 4 aromatic rings. The van der Waals surface area contributed by atoms with E-state index in [9.17, 15) is 12.8 Å². The molecule has 14 heteroatoms. The van der Waals surface area contributed by atoms with Crippen LogP contribution in [0.1, 0.15) is 24.9 Å². The Bertz CT molecular complexity index is 1430. The molecular formula is C22H24FN7O4S2. The standard InChI is InChI=1S/C22H24FN7O4S2/c1-5-15(9-18-24-10-14(23)11-25-18)36(31,32)29-22-28-27-20(21-26-13(2)12-35-21)30(22)19-16(33-3)7-6-8-17(19)34-4/h6-8,10-12,15H,5,9H2,1-4H3,(H,28,29). The van der Waals surface area contributed by atoms with Crippen LogP contribution in [0.4, 0.5) is 10.3 Å². The summed E-state index contributed by atoms with van der Waals surface area (Å²) in [5.41, 5.74) is 1.19. The predicted molar refractivity (Wildman–Crippen MR) is 133 cm³/mol. The molecule has 1 unspecified atom stereocenters. The SMILES string of the molecule is CCC(Cc1ncc(F)cn1)S(=O)(=O)Nc1nnc(-c2nc(C)cs2)n1-c1c(OC)cccc1OC. The summed E-state index contributed by atoms with van der Waals surface area (Å²) in [7, 11) is -1.02. The Morgan fingerprint density at radius 2 is 1.81 bits per heavy atom. The maximum absolute atomic E-state index is 13.4. The minimum Gasteiger partial charge on any atom is -0.494 e. The lowest BCUT2D eigenvalue weighted by atomic mass is 10.2.